The lowest BCUT2D eigenvalue weighted by atomic mass is 9.75. The summed E-state index contributed by atoms with van der Waals surface area (Å²) >= 11 is 0. The smallest absolute Gasteiger partial charge is 0.119 e. The van der Waals surface area contributed by atoms with Crippen LogP contribution in [0.5, 0.6) is 5.75 Å². The topological polar surface area (TPSA) is 24.5 Å². The molecule has 1 aromatic rings. The largest absolute Gasteiger partial charge is 0.497 e. The van der Waals surface area contributed by atoms with Gasteiger partial charge in [0.05, 0.1) is 7.11 Å². The van der Waals surface area contributed by atoms with Crippen LogP contribution < -0.4 is 10.1 Å². The predicted octanol–water partition coefficient (Wildman–Crippen LogP) is 2.87. The number of benzene rings is 1. The fourth-order valence-electron chi connectivity index (χ4n) is 3.83. The first-order valence-electron chi connectivity index (χ1n) is 8.24. The number of rotatable bonds is 4. The van der Waals surface area contributed by atoms with Crippen molar-refractivity contribution < 1.29 is 4.74 Å². The van der Waals surface area contributed by atoms with E-state index in [-0.39, 0.29) is 0 Å². The Balaban J connectivity index is 1.49. The molecule has 0 amide bonds. The Morgan fingerprint density at radius 3 is 2.81 bits per heavy atom. The van der Waals surface area contributed by atoms with E-state index in [2.05, 4.69) is 42.4 Å². The highest BCUT2D eigenvalue weighted by Gasteiger charge is 2.34. The molecular formula is C18H28N2O. The molecule has 2 fully saturated rings. The summed E-state index contributed by atoms with van der Waals surface area (Å²) in [7, 11) is 3.97. The molecule has 0 radical (unpaired) electrons. The van der Waals surface area contributed by atoms with E-state index in [0.717, 1.165) is 11.7 Å². The Morgan fingerprint density at radius 1 is 1.29 bits per heavy atom. The molecule has 1 saturated heterocycles. The summed E-state index contributed by atoms with van der Waals surface area (Å²) in [5.41, 5.74) is 1.43. The molecule has 1 N–H and O–H groups in total. The summed E-state index contributed by atoms with van der Waals surface area (Å²) in [4.78, 5) is 2.45. The minimum atomic E-state index is 0.706. The first-order valence-corrected chi connectivity index (χ1v) is 8.24. The van der Waals surface area contributed by atoms with Crippen molar-refractivity contribution >= 4 is 0 Å². The molecule has 21 heavy (non-hydrogen) atoms. The molecule has 0 aromatic heterocycles. The van der Waals surface area contributed by atoms with E-state index in [1.54, 1.807) is 7.11 Å². The zero-order valence-electron chi connectivity index (χ0n) is 13.5. The van der Waals surface area contributed by atoms with Crippen LogP contribution in [0, 0.1) is 5.92 Å². The van der Waals surface area contributed by atoms with E-state index in [4.69, 9.17) is 4.74 Å². The fourth-order valence-corrected chi connectivity index (χ4v) is 3.83. The maximum atomic E-state index is 5.33. The van der Waals surface area contributed by atoms with Crippen molar-refractivity contribution in [1.29, 1.82) is 0 Å². The molecule has 1 heterocycles. The molecular weight excluding hydrogens is 260 g/mol. The molecule has 3 heteroatoms. The highest BCUT2D eigenvalue weighted by atomic mass is 16.5. The third-order valence-electron chi connectivity index (χ3n) is 5.26. The molecule has 2 atom stereocenters. The normalized spacial score (nSPS) is 33.5. The number of piperidine rings is 1. The van der Waals surface area contributed by atoms with Crippen LogP contribution in [0.3, 0.4) is 0 Å². The van der Waals surface area contributed by atoms with Gasteiger partial charge < -0.3 is 15.0 Å². The Morgan fingerprint density at radius 2 is 2.10 bits per heavy atom. The molecule has 0 spiro atoms. The van der Waals surface area contributed by atoms with E-state index in [1.165, 1.54) is 37.9 Å². The average Bonchev–Trinajstić information content (AvgIpc) is 2.44. The minimum Gasteiger partial charge on any atom is -0.497 e. The Labute approximate surface area is 128 Å². The van der Waals surface area contributed by atoms with E-state index in [0.29, 0.717) is 18.0 Å². The van der Waals surface area contributed by atoms with Crippen LogP contribution in [0.15, 0.2) is 24.3 Å². The Kier molecular flexibility index (Phi) is 4.51. The molecule has 1 saturated carbocycles. The number of hydrogen-bond acceptors (Lipinski definition) is 3. The summed E-state index contributed by atoms with van der Waals surface area (Å²) in [5.74, 6) is 2.45. The summed E-state index contributed by atoms with van der Waals surface area (Å²) in [6.45, 7) is 4.84. The van der Waals surface area contributed by atoms with E-state index < -0.39 is 0 Å². The lowest BCUT2D eigenvalue weighted by Crippen LogP contribution is -2.53. The van der Waals surface area contributed by atoms with Crippen molar-refractivity contribution in [3.8, 4) is 5.75 Å². The SMILES string of the molecule is COc1cccc(C2CC(NC3CCN(C)CC3C)C2)c1. The van der Waals surface area contributed by atoms with Gasteiger partial charge in [0.15, 0.2) is 0 Å². The van der Waals surface area contributed by atoms with Gasteiger partial charge in [-0.05, 0) is 62.4 Å². The second-order valence-corrected chi connectivity index (χ2v) is 6.94. The number of nitrogens with one attached hydrogen (secondary N) is 1. The Bertz CT molecular complexity index is 470. The van der Waals surface area contributed by atoms with Crippen molar-refractivity contribution in [1.82, 2.24) is 10.2 Å². The molecule has 3 rings (SSSR count). The quantitative estimate of drug-likeness (QED) is 0.922. The van der Waals surface area contributed by atoms with Crippen LogP contribution in [0.4, 0.5) is 0 Å². The van der Waals surface area contributed by atoms with Crippen molar-refractivity contribution in [3.63, 3.8) is 0 Å². The average molecular weight is 288 g/mol. The van der Waals surface area contributed by atoms with Crippen LogP contribution in [-0.2, 0) is 0 Å². The van der Waals surface area contributed by atoms with Gasteiger partial charge in [-0.2, -0.15) is 0 Å². The monoisotopic (exact) mass is 288 g/mol. The number of hydrogen-bond donors (Lipinski definition) is 1. The summed E-state index contributed by atoms with van der Waals surface area (Å²) in [6.07, 6.45) is 3.83. The van der Waals surface area contributed by atoms with Gasteiger partial charge in [0, 0.05) is 18.6 Å². The summed E-state index contributed by atoms with van der Waals surface area (Å²) in [6, 6.07) is 9.97. The van der Waals surface area contributed by atoms with Crippen molar-refractivity contribution in [2.75, 3.05) is 27.2 Å². The van der Waals surface area contributed by atoms with E-state index >= 15 is 0 Å². The zero-order valence-corrected chi connectivity index (χ0v) is 13.5. The van der Waals surface area contributed by atoms with Crippen molar-refractivity contribution in [2.45, 2.75) is 44.2 Å². The lowest BCUT2D eigenvalue weighted by Gasteiger charge is -2.43. The van der Waals surface area contributed by atoms with Crippen LogP contribution in [-0.4, -0.2) is 44.2 Å². The van der Waals surface area contributed by atoms with Gasteiger partial charge in [-0.1, -0.05) is 19.1 Å². The van der Waals surface area contributed by atoms with Gasteiger partial charge in [-0.15, -0.1) is 0 Å². The molecule has 116 valence electrons. The predicted molar refractivity (Wildman–Crippen MR) is 87.0 cm³/mol. The fraction of sp³-hybridized carbons (Fsp3) is 0.667. The van der Waals surface area contributed by atoms with Gasteiger partial charge in [0.25, 0.3) is 0 Å². The number of ether oxygens (including phenoxy) is 1. The lowest BCUT2D eigenvalue weighted by molar-refractivity contribution is 0.145. The van der Waals surface area contributed by atoms with Gasteiger partial charge in [-0.25, -0.2) is 0 Å². The molecule has 2 aliphatic rings. The van der Waals surface area contributed by atoms with E-state index in [9.17, 15) is 0 Å². The van der Waals surface area contributed by atoms with Crippen LogP contribution in [0.2, 0.25) is 0 Å². The highest BCUT2D eigenvalue weighted by Crippen LogP contribution is 2.38. The third-order valence-corrected chi connectivity index (χ3v) is 5.26. The van der Waals surface area contributed by atoms with Gasteiger partial charge in [0.2, 0.25) is 0 Å². The van der Waals surface area contributed by atoms with Crippen molar-refractivity contribution in [2.24, 2.45) is 5.92 Å². The van der Waals surface area contributed by atoms with Gasteiger partial charge in [-0.3, -0.25) is 0 Å². The minimum absolute atomic E-state index is 0.706. The van der Waals surface area contributed by atoms with Gasteiger partial charge in [0.1, 0.15) is 5.75 Å². The molecule has 1 aliphatic heterocycles. The first-order chi connectivity index (χ1) is 10.2. The number of nitrogens with zero attached hydrogens (tertiary/aromatic N) is 1. The molecule has 2 unspecified atom stereocenters. The summed E-state index contributed by atoms with van der Waals surface area (Å²) in [5, 5.41) is 3.90. The van der Waals surface area contributed by atoms with Gasteiger partial charge >= 0.3 is 0 Å². The zero-order chi connectivity index (χ0) is 14.8. The maximum absolute atomic E-state index is 5.33. The standard InChI is InChI=1S/C18H28N2O/c1-13-12-20(2)8-7-18(13)19-16-9-15(10-16)14-5-4-6-17(11-14)21-3/h4-6,11,13,15-16,18-19H,7-10,12H2,1-3H3. The Hall–Kier alpha value is -1.06. The number of likely N-dealkylation sites (tertiary alicyclic amines) is 1. The summed E-state index contributed by atoms with van der Waals surface area (Å²) < 4.78 is 5.33. The second-order valence-electron chi connectivity index (χ2n) is 6.94. The van der Waals surface area contributed by atoms with Crippen LogP contribution in [0.25, 0.3) is 0 Å². The molecule has 3 nitrogen and oxygen atoms in total. The van der Waals surface area contributed by atoms with Crippen LogP contribution in [0.1, 0.15) is 37.7 Å². The molecule has 0 bridgehead atoms. The van der Waals surface area contributed by atoms with Crippen molar-refractivity contribution in [3.05, 3.63) is 29.8 Å². The number of methoxy groups -OCH3 is 1. The first kappa shape index (κ1) is 14.9. The molecule has 1 aliphatic carbocycles. The van der Waals surface area contributed by atoms with E-state index in [1.807, 2.05) is 6.07 Å². The molecule has 1 aromatic carbocycles. The maximum Gasteiger partial charge on any atom is 0.119 e. The second kappa shape index (κ2) is 6.37. The third kappa shape index (κ3) is 3.41. The van der Waals surface area contributed by atoms with Crippen LogP contribution >= 0.6 is 0 Å². The highest BCUT2D eigenvalue weighted by molar-refractivity contribution is 5.32.